The number of ether oxygens (including phenoxy) is 1. The number of likely N-dealkylation sites (N-methyl/N-ethyl adjacent to an activating group) is 2. The van der Waals surface area contributed by atoms with Crippen molar-refractivity contribution >= 4 is 58.4 Å². The molecule has 1 heterocycles. The summed E-state index contributed by atoms with van der Waals surface area (Å²) in [5, 5.41) is 0.680. The smallest absolute Gasteiger partial charge is 0.265 e. The lowest BCUT2D eigenvalue weighted by molar-refractivity contribution is -0.132. The molecule has 1 saturated heterocycles. The van der Waals surface area contributed by atoms with Gasteiger partial charge in [-0.1, -0.05) is 35.9 Å². The van der Waals surface area contributed by atoms with Crippen molar-refractivity contribution in [2.75, 3.05) is 20.7 Å². The lowest BCUT2D eigenvalue weighted by Gasteiger charge is -2.31. The third-order valence-corrected chi connectivity index (χ3v) is 4.43. The zero-order chi connectivity index (χ0) is 18.0. The van der Waals surface area contributed by atoms with E-state index in [1.807, 2.05) is 0 Å². The Labute approximate surface area is 155 Å². The second-order valence-corrected chi connectivity index (χ2v) is 6.16. The number of rotatable bonds is 4. The first kappa shape index (κ1) is 18.4. The molecule has 2 rings (SSSR count). The summed E-state index contributed by atoms with van der Waals surface area (Å²) in [6.07, 6.45) is 2.99. The molecule has 1 aliphatic heterocycles. The molecule has 0 bridgehead atoms. The number of benzene rings is 1. The van der Waals surface area contributed by atoms with Gasteiger partial charge >= 0.3 is 0 Å². The van der Waals surface area contributed by atoms with Crippen molar-refractivity contribution in [3.8, 4) is 5.75 Å². The number of halogens is 2. The fraction of sp³-hybridized carbons (Fsp3) is 0.188. The fourth-order valence-electron chi connectivity index (χ4n) is 2.08. The normalized spacial score (nSPS) is 15.0. The second kappa shape index (κ2) is 7.34. The third-order valence-electron chi connectivity index (χ3n) is 3.32. The van der Waals surface area contributed by atoms with Gasteiger partial charge in [0.25, 0.3) is 11.8 Å². The average molecular weight is 385 g/mol. The van der Waals surface area contributed by atoms with Gasteiger partial charge in [-0.15, -0.1) is 0 Å². The molecule has 1 aromatic carbocycles. The molecule has 1 aliphatic rings. The topological polar surface area (TPSA) is 49.9 Å². The summed E-state index contributed by atoms with van der Waals surface area (Å²) in [6, 6.07) is 3.12. The van der Waals surface area contributed by atoms with Crippen LogP contribution in [-0.2, 0) is 9.59 Å². The Kier molecular flexibility index (Phi) is 5.64. The molecule has 126 valence electrons. The summed E-state index contributed by atoms with van der Waals surface area (Å²) in [5.74, 6) is -0.651. The molecule has 0 atom stereocenters. The summed E-state index contributed by atoms with van der Waals surface area (Å²) >= 11 is 17.4. The highest BCUT2D eigenvalue weighted by Gasteiger charge is 2.35. The number of carbonyl (C=O) groups excluding carboxylic acids is 2. The van der Waals surface area contributed by atoms with Crippen LogP contribution in [0.25, 0.3) is 6.08 Å². The van der Waals surface area contributed by atoms with Crippen LogP contribution in [0.3, 0.4) is 0 Å². The predicted molar refractivity (Wildman–Crippen MR) is 98.3 cm³/mol. The fourth-order valence-corrected chi connectivity index (χ4v) is 2.86. The molecule has 0 spiro atoms. The maximum Gasteiger partial charge on any atom is 0.265 e. The number of carbonyl (C=O) groups is 2. The maximum absolute atomic E-state index is 12.3. The van der Waals surface area contributed by atoms with E-state index < -0.39 is 11.8 Å². The third kappa shape index (κ3) is 3.45. The Morgan fingerprint density at radius 3 is 2.12 bits per heavy atom. The highest BCUT2D eigenvalue weighted by molar-refractivity contribution is 7.80. The lowest BCUT2D eigenvalue weighted by atomic mass is 10.1. The van der Waals surface area contributed by atoms with Gasteiger partial charge in [0, 0.05) is 14.1 Å². The Balaban J connectivity index is 2.43. The quantitative estimate of drug-likeness (QED) is 0.346. The first-order chi connectivity index (χ1) is 11.3. The zero-order valence-corrected chi connectivity index (χ0v) is 15.3. The van der Waals surface area contributed by atoms with Gasteiger partial charge in [-0.3, -0.25) is 19.4 Å². The van der Waals surface area contributed by atoms with Gasteiger partial charge in [0.1, 0.15) is 12.2 Å². The van der Waals surface area contributed by atoms with Crippen LogP contribution in [0.4, 0.5) is 0 Å². The van der Waals surface area contributed by atoms with Crippen LogP contribution in [0, 0.1) is 0 Å². The highest BCUT2D eigenvalue weighted by Crippen LogP contribution is 2.35. The minimum Gasteiger partial charge on any atom is -0.486 e. The standard InChI is InChI=1S/C16H14Cl2N2O3S/c1-4-5-23-13-11(17)7-9(8-12(13)18)6-10-14(21)19(2)16(24)20(3)15(10)22/h4,6-8H,1,5H2,2-3H3. The van der Waals surface area contributed by atoms with E-state index in [0.717, 1.165) is 0 Å². The molecule has 24 heavy (non-hydrogen) atoms. The van der Waals surface area contributed by atoms with Crippen LogP contribution in [0.5, 0.6) is 5.75 Å². The molecule has 8 heteroatoms. The van der Waals surface area contributed by atoms with E-state index in [1.54, 1.807) is 18.2 Å². The average Bonchev–Trinajstić information content (AvgIpc) is 2.54. The van der Waals surface area contributed by atoms with Gasteiger partial charge in [-0.05, 0) is 36.0 Å². The van der Waals surface area contributed by atoms with Crippen molar-refractivity contribution in [1.29, 1.82) is 0 Å². The van der Waals surface area contributed by atoms with Crippen LogP contribution in [-0.4, -0.2) is 47.4 Å². The molecular formula is C16H14Cl2N2O3S. The molecule has 1 aromatic rings. The lowest BCUT2D eigenvalue weighted by Crippen LogP contribution is -2.52. The molecule has 5 nitrogen and oxygen atoms in total. The van der Waals surface area contributed by atoms with Gasteiger partial charge in [0.15, 0.2) is 10.9 Å². The van der Waals surface area contributed by atoms with Crippen molar-refractivity contribution in [2.45, 2.75) is 0 Å². The molecule has 2 amide bonds. The van der Waals surface area contributed by atoms with Crippen molar-refractivity contribution in [3.63, 3.8) is 0 Å². The SMILES string of the molecule is C=CCOc1c(Cl)cc(C=C2C(=O)N(C)C(=S)N(C)C2=O)cc1Cl. The summed E-state index contributed by atoms with van der Waals surface area (Å²) < 4.78 is 5.38. The Bertz CT molecular complexity index is 728. The van der Waals surface area contributed by atoms with Gasteiger partial charge in [0.2, 0.25) is 0 Å². The van der Waals surface area contributed by atoms with Gasteiger partial charge in [-0.2, -0.15) is 0 Å². The molecule has 0 unspecified atom stereocenters. The molecule has 0 N–H and O–H groups in total. The van der Waals surface area contributed by atoms with Crippen LogP contribution in [0.1, 0.15) is 5.56 Å². The summed E-state index contributed by atoms with van der Waals surface area (Å²) in [4.78, 5) is 27.0. The molecule has 0 aliphatic carbocycles. The summed E-state index contributed by atoms with van der Waals surface area (Å²) in [7, 11) is 3.02. The van der Waals surface area contributed by atoms with E-state index in [-0.39, 0.29) is 27.3 Å². The number of nitrogens with zero attached hydrogens (tertiary/aromatic N) is 2. The van der Waals surface area contributed by atoms with Crippen LogP contribution >= 0.6 is 35.4 Å². The summed E-state index contributed by atoms with van der Waals surface area (Å²) in [5.41, 5.74) is 0.475. The number of hydrogen-bond donors (Lipinski definition) is 0. The zero-order valence-electron chi connectivity index (χ0n) is 13.0. The van der Waals surface area contributed by atoms with Crippen molar-refractivity contribution < 1.29 is 14.3 Å². The highest BCUT2D eigenvalue weighted by atomic mass is 35.5. The molecular weight excluding hydrogens is 371 g/mol. The number of hydrogen-bond acceptors (Lipinski definition) is 4. The van der Waals surface area contributed by atoms with Crippen molar-refractivity contribution in [2.24, 2.45) is 0 Å². The van der Waals surface area contributed by atoms with Crippen molar-refractivity contribution in [1.82, 2.24) is 9.80 Å². The maximum atomic E-state index is 12.3. The van der Waals surface area contributed by atoms with Crippen molar-refractivity contribution in [3.05, 3.63) is 46.0 Å². The van der Waals surface area contributed by atoms with E-state index >= 15 is 0 Å². The molecule has 1 fully saturated rings. The van der Waals surface area contributed by atoms with E-state index in [9.17, 15) is 9.59 Å². The number of amides is 2. The minimum absolute atomic E-state index is 0.0273. The van der Waals surface area contributed by atoms with Gasteiger partial charge in [0.05, 0.1) is 10.0 Å². The largest absolute Gasteiger partial charge is 0.486 e. The second-order valence-electron chi connectivity index (χ2n) is 4.98. The van der Waals surface area contributed by atoms with Crippen LogP contribution in [0.2, 0.25) is 10.0 Å². The minimum atomic E-state index is -0.484. The van der Waals surface area contributed by atoms with Crippen LogP contribution in [0.15, 0.2) is 30.4 Å². The Hall–Kier alpha value is -1.89. The first-order valence-corrected chi connectivity index (χ1v) is 7.98. The molecule has 0 saturated carbocycles. The first-order valence-electron chi connectivity index (χ1n) is 6.82. The summed E-state index contributed by atoms with van der Waals surface area (Å²) in [6.45, 7) is 3.81. The monoisotopic (exact) mass is 384 g/mol. The molecule has 0 radical (unpaired) electrons. The van der Waals surface area contributed by atoms with Gasteiger partial charge in [-0.25, -0.2) is 0 Å². The van der Waals surface area contributed by atoms with E-state index in [2.05, 4.69) is 6.58 Å². The van der Waals surface area contributed by atoms with E-state index in [4.69, 9.17) is 40.2 Å². The van der Waals surface area contributed by atoms with Gasteiger partial charge < -0.3 is 4.74 Å². The van der Waals surface area contributed by atoms with Crippen LogP contribution < -0.4 is 4.74 Å². The molecule has 0 aromatic heterocycles. The van der Waals surface area contributed by atoms with E-state index in [0.29, 0.717) is 11.3 Å². The predicted octanol–water partition coefficient (Wildman–Crippen LogP) is 3.16. The number of thiocarbonyl (C=S) groups is 1. The van der Waals surface area contributed by atoms with E-state index in [1.165, 1.54) is 30.0 Å². The Morgan fingerprint density at radius 2 is 1.67 bits per heavy atom. The Morgan fingerprint density at radius 1 is 1.17 bits per heavy atom.